The number of amides is 1. The molecule has 2 fully saturated rings. The lowest BCUT2D eigenvalue weighted by atomic mass is 10.0. The first-order valence-corrected chi connectivity index (χ1v) is 7.54. The summed E-state index contributed by atoms with van der Waals surface area (Å²) in [7, 11) is 0. The normalized spacial score (nSPS) is 28.6. The minimum absolute atomic E-state index is 0.0150. The van der Waals surface area contributed by atoms with Gasteiger partial charge in [-0.1, -0.05) is 12.8 Å². The number of anilines is 1. The molecule has 0 spiro atoms. The van der Waals surface area contributed by atoms with E-state index in [4.69, 9.17) is 5.11 Å². The molecule has 0 saturated heterocycles. The molecule has 3 rings (SSSR count). The summed E-state index contributed by atoms with van der Waals surface area (Å²) in [4.78, 5) is 24.2. The Kier molecular flexibility index (Phi) is 3.09. The molecule has 2 unspecified atom stereocenters. The van der Waals surface area contributed by atoms with Crippen molar-refractivity contribution in [3.63, 3.8) is 0 Å². The fraction of sp³-hybridized carbons (Fsp3) is 0.571. The van der Waals surface area contributed by atoms with E-state index in [1.807, 2.05) is 6.92 Å². The molecule has 1 aromatic heterocycles. The number of carbonyl (C=O) groups excluding carboxylic acids is 1. The quantitative estimate of drug-likeness (QED) is 0.893. The molecule has 1 heterocycles. The van der Waals surface area contributed by atoms with Crippen LogP contribution in [0.25, 0.3) is 0 Å². The van der Waals surface area contributed by atoms with Gasteiger partial charge in [0.15, 0.2) is 0 Å². The fourth-order valence-electron chi connectivity index (χ4n) is 3.34. The number of hydrogen-bond donors (Lipinski definition) is 2. The lowest BCUT2D eigenvalue weighted by Gasteiger charge is -2.04. The first-order chi connectivity index (χ1) is 9.08. The molecule has 0 aromatic carbocycles. The van der Waals surface area contributed by atoms with Crippen molar-refractivity contribution in [2.75, 3.05) is 5.32 Å². The second-order valence-electron chi connectivity index (χ2n) is 5.53. The van der Waals surface area contributed by atoms with Crippen molar-refractivity contribution in [2.24, 2.45) is 17.8 Å². The van der Waals surface area contributed by atoms with E-state index in [1.54, 1.807) is 6.07 Å². The molecule has 2 N–H and O–H groups in total. The first-order valence-electron chi connectivity index (χ1n) is 6.72. The third-order valence-electron chi connectivity index (χ3n) is 4.28. The topological polar surface area (TPSA) is 66.4 Å². The van der Waals surface area contributed by atoms with E-state index in [0.29, 0.717) is 16.8 Å². The van der Waals surface area contributed by atoms with Crippen LogP contribution in [-0.2, 0) is 4.79 Å². The van der Waals surface area contributed by atoms with E-state index in [0.717, 1.165) is 17.7 Å². The van der Waals surface area contributed by atoms with Gasteiger partial charge in [0.05, 0.1) is 5.56 Å². The molecule has 1 amide bonds. The Bertz CT molecular complexity index is 525. The van der Waals surface area contributed by atoms with Crippen molar-refractivity contribution in [2.45, 2.75) is 32.6 Å². The largest absolute Gasteiger partial charge is 0.478 e. The molecular formula is C14H17NO3S. The molecular weight excluding hydrogens is 262 g/mol. The zero-order valence-corrected chi connectivity index (χ0v) is 11.6. The minimum atomic E-state index is -0.979. The number of hydrogen-bond acceptors (Lipinski definition) is 3. The van der Waals surface area contributed by atoms with Gasteiger partial charge in [0.2, 0.25) is 5.91 Å². The lowest BCUT2D eigenvalue weighted by Crippen LogP contribution is -2.16. The van der Waals surface area contributed by atoms with Crippen molar-refractivity contribution < 1.29 is 14.7 Å². The van der Waals surface area contributed by atoms with Crippen LogP contribution in [0, 0.1) is 24.7 Å². The predicted octanol–water partition coefficient (Wildman–Crippen LogP) is 3.13. The van der Waals surface area contributed by atoms with E-state index in [-0.39, 0.29) is 17.4 Å². The van der Waals surface area contributed by atoms with Crippen LogP contribution in [0.15, 0.2) is 6.07 Å². The number of aromatic carboxylic acids is 1. The Morgan fingerprint density at radius 2 is 1.95 bits per heavy atom. The Labute approximate surface area is 115 Å². The number of aryl methyl sites for hydroxylation is 1. The van der Waals surface area contributed by atoms with E-state index in [2.05, 4.69) is 5.32 Å². The van der Waals surface area contributed by atoms with Crippen LogP contribution in [0.4, 0.5) is 5.00 Å². The zero-order chi connectivity index (χ0) is 13.6. The van der Waals surface area contributed by atoms with Gasteiger partial charge >= 0.3 is 5.97 Å². The fourth-order valence-corrected chi connectivity index (χ4v) is 4.25. The monoisotopic (exact) mass is 279 g/mol. The Hall–Kier alpha value is -1.36. The summed E-state index contributed by atoms with van der Waals surface area (Å²) in [5, 5.41) is 12.4. The van der Waals surface area contributed by atoms with Crippen LogP contribution in [-0.4, -0.2) is 17.0 Å². The van der Waals surface area contributed by atoms with Gasteiger partial charge in [0.1, 0.15) is 5.00 Å². The minimum Gasteiger partial charge on any atom is -0.478 e. The molecule has 19 heavy (non-hydrogen) atoms. The molecule has 2 saturated carbocycles. The molecule has 5 heteroatoms. The average molecular weight is 279 g/mol. The van der Waals surface area contributed by atoms with E-state index < -0.39 is 5.97 Å². The second-order valence-corrected chi connectivity index (χ2v) is 6.79. The zero-order valence-electron chi connectivity index (χ0n) is 10.8. The van der Waals surface area contributed by atoms with Gasteiger partial charge in [0.25, 0.3) is 0 Å². The number of carbonyl (C=O) groups is 2. The second kappa shape index (κ2) is 4.63. The van der Waals surface area contributed by atoms with E-state index >= 15 is 0 Å². The first kappa shape index (κ1) is 12.7. The van der Waals surface area contributed by atoms with Crippen molar-refractivity contribution >= 4 is 28.2 Å². The van der Waals surface area contributed by atoms with E-state index in [9.17, 15) is 9.59 Å². The van der Waals surface area contributed by atoms with Gasteiger partial charge in [-0.3, -0.25) is 4.79 Å². The molecule has 0 aliphatic heterocycles. The van der Waals surface area contributed by atoms with Crippen molar-refractivity contribution in [1.29, 1.82) is 0 Å². The third-order valence-corrected chi connectivity index (χ3v) is 5.25. The highest BCUT2D eigenvalue weighted by Crippen LogP contribution is 2.55. The predicted molar refractivity (Wildman–Crippen MR) is 73.6 cm³/mol. The number of carboxylic acids is 1. The Morgan fingerprint density at radius 3 is 2.53 bits per heavy atom. The molecule has 0 radical (unpaired) electrons. The maximum absolute atomic E-state index is 12.2. The summed E-state index contributed by atoms with van der Waals surface area (Å²) < 4.78 is 0. The summed E-state index contributed by atoms with van der Waals surface area (Å²) in [5.74, 6) is 0.242. The third kappa shape index (κ3) is 2.27. The summed E-state index contributed by atoms with van der Waals surface area (Å²) in [6, 6.07) is 1.61. The number of fused-ring (bicyclic) bond motifs is 1. The SMILES string of the molecule is Cc1cc(C(=O)O)c(NC(=O)C2C3CCCCC32)s1. The highest BCUT2D eigenvalue weighted by molar-refractivity contribution is 7.16. The maximum Gasteiger partial charge on any atom is 0.338 e. The molecule has 2 aliphatic carbocycles. The van der Waals surface area contributed by atoms with Gasteiger partial charge in [-0.2, -0.15) is 0 Å². The molecule has 1 aromatic rings. The molecule has 4 nitrogen and oxygen atoms in total. The van der Waals surface area contributed by atoms with Crippen molar-refractivity contribution in [1.82, 2.24) is 0 Å². The maximum atomic E-state index is 12.2. The highest BCUT2D eigenvalue weighted by atomic mass is 32.1. The highest BCUT2D eigenvalue weighted by Gasteiger charge is 2.54. The van der Waals surface area contributed by atoms with Crippen LogP contribution >= 0.6 is 11.3 Å². The molecule has 0 bridgehead atoms. The average Bonchev–Trinajstić information content (AvgIpc) is 2.98. The van der Waals surface area contributed by atoms with Gasteiger partial charge in [-0.05, 0) is 37.7 Å². The number of rotatable bonds is 3. The lowest BCUT2D eigenvalue weighted by molar-refractivity contribution is -0.117. The van der Waals surface area contributed by atoms with Gasteiger partial charge in [-0.15, -0.1) is 11.3 Å². The standard InChI is InChI=1S/C14H17NO3S/c1-7-6-10(14(17)18)13(19-7)15-12(16)11-8-4-2-3-5-9(8)11/h6,8-9,11H,2-5H2,1H3,(H,15,16)(H,17,18). The van der Waals surface area contributed by atoms with Crippen LogP contribution < -0.4 is 5.32 Å². The smallest absolute Gasteiger partial charge is 0.338 e. The number of thiophene rings is 1. The van der Waals surface area contributed by atoms with Crippen LogP contribution in [0.3, 0.4) is 0 Å². The number of carboxylic acid groups (broad SMARTS) is 1. The Balaban J connectivity index is 1.72. The van der Waals surface area contributed by atoms with Crippen LogP contribution in [0.1, 0.15) is 40.9 Å². The summed E-state index contributed by atoms with van der Waals surface area (Å²) in [6.45, 7) is 1.85. The van der Waals surface area contributed by atoms with Gasteiger partial charge in [0, 0.05) is 10.8 Å². The molecule has 2 atom stereocenters. The summed E-state index contributed by atoms with van der Waals surface area (Å²) in [5.41, 5.74) is 0.208. The van der Waals surface area contributed by atoms with Crippen molar-refractivity contribution in [3.8, 4) is 0 Å². The molecule has 2 aliphatic rings. The van der Waals surface area contributed by atoms with Gasteiger partial charge in [-0.25, -0.2) is 4.79 Å². The van der Waals surface area contributed by atoms with Gasteiger partial charge < -0.3 is 10.4 Å². The van der Waals surface area contributed by atoms with E-state index in [1.165, 1.54) is 24.2 Å². The van der Waals surface area contributed by atoms with Crippen molar-refractivity contribution in [3.05, 3.63) is 16.5 Å². The summed E-state index contributed by atoms with van der Waals surface area (Å²) in [6.07, 6.45) is 4.75. The Morgan fingerprint density at radius 1 is 1.32 bits per heavy atom. The summed E-state index contributed by atoms with van der Waals surface area (Å²) >= 11 is 1.34. The van der Waals surface area contributed by atoms with Crippen LogP contribution in [0.5, 0.6) is 0 Å². The number of nitrogens with one attached hydrogen (secondary N) is 1. The van der Waals surface area contributed by atoms with Crippen LogP contribution in [0.2, 0.25) is 0 Å². The molecule has 102 valence electrons.